The molecule has 0 amide bonds. The fourth-order valence-electron chi connectivity index (χ4n) is 1.68. The van der Waals surface area contributed by atoms with Gasteiger partial charge < -0.3 is 14.8 Å². The van der Waals surface area contributed by atoms with Crippen molar-refractivity contribution in [3.8, 4) is 0 Å². The van der Waals surface area contributed by atoms with Crippen molar-refractivity contribution in [1.29, 1.82) is 0 Å². The minimum atomic E-state index is -0.867. The summed E-state index contributed by atoms with van der Waals surface area (Å²) in [6, 6.07) is 4.53. The average Bonchev–Trinajstić information content (AvgIpc) is 2.49. The van der Waals surface area contributed by atoms with E-state index in [1.807, 2.05) is 0 Å². The zero-order valence-corrected chi connectivity index (χ0v) is 13.1. The van der Waals surface area contributed by atoms with E-state index in [1.165, 1.54) is 12.1 Å². The molecule has 0 heterocycles. The van der Waals surface area contributed by atoms with Crippen LogP contribution in [0.2, 0.25) is 0 Å². The summed E-state index contributed by atoms with van der Waals surface area (Å²) in [5, 5.41) is 13.6. The summed E-state index contributed by atoms with van der Waals surface area (Å²) in [5.74, 6) is -1.73. The molecule has 23 heavy (non-hydrogen) atoms. The first-order chi connectivity index (χ1) is 10.9. The van der Waals surface area contributed by atoms with E-state index in [0.717, 1.165) is 6.20 Å². The van der Waals surface area contributed by atoms with Crippen LogP contribution in [-0.4, -0.2) is 30.1 Å². The molecule has 0 aliphatic rings. The molecule has 0 aliphatic carbocycles. The molecule has 8 nitrogen and oxygen atoms in total. The van der Waals surface area contributed by atoms with Gasteiger partial charge >= 0.3 is 11.9 Å². The third-order valence-corrected chi connectivity index (χ3v) is 2.71. The van der Waals surface area contributed by atoms with Crippen molar-refractivity contribution in [3.05, 3.63) is 45.6 Å². The summed E-state index contributed by atoms with van der Waals surface area (Å²) in [5.41, 5.74) is 0.311. The predicted octanol–water partition coefficient (Wildman–Crippen LogP) is 2.33. The molecule has 0 aromatic heterocycles. The molecule has 0 bridgehead atoms. The van der Waals surface area contributed by atoms with Gasteiger partial charge in [0.15, 0.2) is 5.57 Å². The third kappa shape index (κ3) is 5.10. The number of ether oxygens (including phenoxy) is 2. The van der Waals surface area contributed by atoms with E-state index in [0.29, 0.717) is 5.56 Å². The summed E-state index contributed by atoms with van der Waals surface area (Å²) in [7, 11) is 0. The Morgan fingerprint density at radius 1 is 1.22 bits per heavy atom. The normalized spacial score (nSPS) is 9.70. The first-order valence-corrected chi connectivity index (χ1v) is 6.96. The fourth-order valence-corrected chi connectivity index (χ4v) is 1.68. The zero-order chi connectivity index (χ0) is 17.4. The minimum absolute atomic E-state index is 0.0836. The highest BCUT2D eigenvalue weighted by Crippen LogP contribution is 2.25. The van der Waals surface area contributed by atoms with Gasteiger partial charge in [0.1, 0.15) is 5.69 Å². The summed E-state index contributed by atoms with van der Waals surface area (Å²) in [6.07, 6.45) is 1.05. The molecule has 0 aliphatic heterocycles. The van der Waals surface area contributed by atoms with Gasteiger partial charge in [0, 0.05) is 12.3 Å². The quantitative estimate of drug-likeness (QED) is 0.205. The minimum Gasteiger partial charge on any atom is -0.462 e. The zero-order valence-electron chi connectivity index (χ0n) is 13.1. The number of rotatable bonds is 7. The van der Waals surface area contributed by atoms with E-state index in [2.05, 4.69) is 5.32 Å². The van der Waals surface area contributed by atoms with Crippen LogP contribution in [0.3, 0.4) is 0 Å². The van der Waals surface area contributed by atoms with Crippen molar-refractivity contribution in [2.24, 2.45) is 0 Å². The van der Waals surface area contributed by atoms with E-state index in [9.17, 15) is 19.7 Å². The Bertz CT molecular complexity index is 619. The van der Waals surface area contributed by atoms with Crippen LogP contribution < -0.4 is 5.32 Å². The lowest BCUT2D eigenvalue weighted by Crippen LogP contribution is -2.19. The van der Waals surface area contributed by atoms with Gasteiger partial charge in [-0.3, -0.25) is 10.1 Å². The number of nitro benzene ring substituents is 1. The van der Waals surface area contributed by atoms with Crippen LogP contribution in [0.5, 0.6) is 0 Å². The highest BCUT2D eigenvalue weighted by molar-refractivity contribution is 6.14. The first kappa shape index (κ1) is 18.1. The molecule has 0 saturated carbocycles. The number of carbonyl (C=O) groups excluding carboxylic acids is 2. The second-order valence-corrected chi connectivity index (χ2v) is 4.42. The molecule has 1 N–H and O–H groups in total. The fraction of sp³-hybridized carbons (Fsp3) is 0.333. The summed E-state index contributed by atoms with van der Waals surface area (Å²) in [6.45, 7) is 5.08. The number of anilines is 1. The van der Waals surface area contributed by atoms with Gasteiger partial charge in [-0.05, 0) is 32.4 Å². The number of hydrogen-bond acceptors (Lipinski definition) is 7. The van der Waals surface area contributed by atoms with Gasteiger partial charge in [-0.1, -0.05) is 6.07 Å². The van der Waals surface area contributed by atoms with Gasteiger partial charge in [0.25, 0.3) is 5.69 Å². The molecule has 0 unspecified atom stereocenters. The number of nitrogens with zero attached hydrogens (tertiary/aromatic N) is 1. The van der Waals surface area contributed by atoms with E-state index >= 15 is 0 Å². The molecule has 0 spiro atoms. The maximum Gasteiger partial charge on any atom is 0.347 e. The molecule has 1 aromatic rings. The summed E-state index contributed by atoms with van der Waals surface area (Å²) >= 11 is 0. The molecule has 8 heteroatoms. The van der Waals surface area contributed by atoms with Crippen molar-refractivity contribution in [3.63, 3.8) is 0 Å². The van der Waals surface area contributed by atoms with Gasteiger partial charge in [0.05, 0.1) is 18.1 Å². The van der Waals surface area contributed by atoms with Crippen molar-refractivity contribution in [2.75, 3.05) is 18.5 Å². The van der Waals surface area contributed by atoms with Crippen molar-refractivity contribution >= 4 is 23.3 Å². The SMILES string of the molecule is CCOC(=O)C(=CNc1ccc(C)cc1[N+](=O)[O-])C(=O)OCC. The lowest BCUT2D eigenvalue weighted by atomic mass is 10.2. The highest BCUT2D eigenvalue weighted by atomic mass is 16.6. The molecular formula is C15H18N2O6. The lowest BCUT2D eigenvalue weighted by molar-refractivity contribution is -0.384. The lowest BCUT2D eigenvalue weighted by Gasteiger charge is -2.08. The van der Waals surface area contributed by atoms with Crippen LogP contribution in [0.4, 0.5) is 11.4 Å². The highest BCUT2D eigenvalue weighted by Gasteiger charge is 2.22. The van der Waals surface area contributed by atoms with Crippen LogP contribution in [0, 0.1) is 17.0 Å². The molecular weight excluding hydrogens is 304 g/mol. The van der Waals surface area contributed by atoms with E-state index in [-0.39, 0.29) is 30.2 Å². The van der Waals surface area contributed by atoms with Crippen LogP contribution in [0.25, 0.3) is 0 Å². The number of nitro groups is 1. The second-order valence-electron chi connectivity index (χ2n) is 4.42. The third-order valence-electron chi connectivity index (χ3n) is 2.71. The Kier molecular flexibility index (Phi) is 6.72. The number of aryl methyl sites for hydroxylation is 1. The number of carbonyl (C=O) groups is 2. The number of hydrogen-bond donors (Lipinski definition) is 1. The van der Waals surface area contributed by atoms with Crippen LogP contribution in [0.1, 0.15) is 19.4 Å². The Morgan fingerprint density at radius 2 is 1.78 bits per heavy atom. The molecule has 0 saturated heterocycles. The molecule has 124 valence electrons. The average molecular weight is 322 g/mol. The van der Waals surface area contributed by atoms with Crippen LogP contribution >= 0.6 is 0 Å². The Labute approximate surface area is 133 Å². The van der Waals surface area contributed by atoms with Crippen molar-refractivity contribution in [2.45, 2.75) is 20.8 Å². The van der Waals surface area contributed by atoms with Gasteiger partial charge in [-0.2, -0.15) is 0 Å². The van der Waals surface area contributed by atoms with Crippen molar-refractivity contribution < 1.29 is 24.0 Å². The topological polar surface area (TPSA) is 108 Å². The van der Waals surface area contributed by atoms with E-state index in [1.54, 1.807) is 26.8 Å². The van der Waals surface area contributed by atoms with Crippen LogP contribution in [-0.2, 0) is 19.1 Å². The Balaban J connectivity index is 3.12. The molecule has 1 aromatic carbocycles. The van der Waals surface area contributed by atoms with Crippen molar-refractivity contribution in [1.82, 2.24) is 0 Å². The Morgan fingerprint density at radius 3 is 2.26 bits per heavy atom. The monoisotopic (exact) mass is 322 g/mol. The first-order valence-electron chi connectivity index (χ1n) is 6.96. The number of nitrogens with one attached hydrogen (secondary N) is 1. The van der Waals surface area contributed by atoms with Gasteiger partial charge in [-0.25, -0.2) is 9.59 Å². The molecule has 0 radical (unpaired) electrons. The largest absolute Gasteiger partial charge is 0.462 e. The predicted molar refractivity (Wildman–Crippen MR) is 82.8 cm³/mol. The smallest absolute Gasteiger partial charge is 0.347 e. The molecule has 0 atom stereocenters. The Hall–Kier alpha value is -2.90. The van der Waals surface area contributed by atoms with Crippen LogP contribution in [0.15, 0.2) is 30.0 Å². The maximum absolute atomic E-state index is 11.8. The number of benzene rings is 1. The molecule has 0 fully saturated rings. The summed E-state index contributed by atoms with van der Waals surface area (Å²) < 4.78 is 9.55. The molecule has 1 rings (SSSR count). The second kappa shape index (κ2) is 8.52. The van der Waals surface area contributed by atoms with E-state index < -0.39 is 16.9 Å². The van der Waals surface area contributed by atoms with Gasteiger partial charge in [-0.15, -0.1) is 0 Å². The summed E-state index contributed by atoms with van der Waals surface area (Å²) in [4.78, 5) is 34.1. The van der Waals surface area contributed by atoms with Gasteiger partial charge in [0.2, 0.25) is 0 Å². The number of esters is 2. The van der Waals surface area contributed by atoms with E-state index in [4.69, 9.17) is 9.47 Å². The maximum atomic E-state index is 11.8. The standard InChI is InChI=1S/C15H18N2O6/c1-4-22-14(18)11(15(19)23-5-2)9-16-12-7-6-10(3)8-13(12)17(20)21/h6-9,16H,4-5H2,1-3H3.